The number of nitrogens with one attached hydrogen (secondary N) is 1. The zero-order valence-electron chi connectivity index (χ0n) is 12.9. The molecule has 1 atom stereocenters. The molecular weight excluding hydrogens is 307 g/mol. The number of carbonyl (C=O) groups excluding carboxylic acids is 1. The number of rotatable bonds is 5. The molecule has 0 saturated heterocycles. The number of hydrogen-bond acceptors (Lipinski definition) is 2. The SMILES string of the molecule is CCN(c1ccc(NC(=O)C2(C)CC2(Cl)Cl)cc1)C(C)C. The molecule has 5 heteroatoms. The fourth-order valence-corrected chi connectivity index (χ4v) is 3.20. The molecule has 1 N–H and O–H groups in total. The van der Waals surface area contributed by atoms with Crippen LogP contribution in [0.5, 0.6) is 0 Å². The van der Waals surface area contributed by atoms with Crippen molar-refractivity contribution in [3.8, 4) is 0 Å². The van der Waals surface area contributed by atoms with Crippen LogP contribution < -0.4 is 10.2 Å². The molecule has 116 valence electrons. The molecule has 1 fully saturated rings. The van der Waals surface area contributed by atoms with Gasteiger partial charge in [0.15, 0.2) is 0 Å². The lowest BCUT2D eigenvalue weighted by molar-refractivity contribution is -0.120. The predicted molar refractivity (Wildman–Crippen MR) is 90.4 cm³/mol. The third-order valence-corrected chi connectivity index (χ3v) is 5.28. The highest BCUT2D eigenvalue weighted by Crippen LogP contribution is 2.64. The minimum absolute atomic E-state index is 0.128. The maximum absolute atomic E-state index is 12.2. The number of benzene rings is 1. The smallest absolute Gasteiger partial charge is 0.233 e. The van der Waals surface area contributed by atoms with E-state index in [4.69, 9.17) is 23.2 Å². The van der Waals surface area contributed by atoms with Crippen LogP contribution in [-0.4, -0.2) is 22.8 Å². The Labute approximate surface area is 136 Å². The lowest BCUT2D eigenvalue weighted by Gasteiger charge is -2.27. The Bertz CT molecular complexity index is 528. The molecular formula is C16H22Cl2N2O. The number of alkyl halides is 2. The van der Waals surface area contributed by atoms with Gasteiger partial charge in [-0.05, 0) is 58.4 Å². The first-order valence-corrected chi connectivity index (χ1v) is 8.03. The van der Waals surface area contributed by atoms with Gasteiger partial charge in [0.1, 0.15) is 4.33 Å². The molecule has 21 heavy (non-hydrogen) atoms. The maximum Gasteiger partial charge on any atom is 0.233 e. The molecule has 0 aliphatic heterocycles. The number of halogens is 2. The molecule has 0 aromatic heterocycles. The maximum atomic E-state index is 12.2. The fraction of sp³-hybridized carbons (Fsp3) is 0.562. The van der Waals surface area contributed by atoms with Crippen LogP contribution in [0.25, 0.3) is 0 Å². The van der Waals surface area contributed by atoms with Gasteiger partial charge in [-0.2, -0.15) is 0 Å². The minimum atomic E-state index is -0.937. The molecule has 1 amide bonds. The first-order chi connectivity index (χ1) is 9.71. The summed E-state index contributed by atoms with van der Waals surface area (Å²) in [5.74, 6) is -0.128. The summed E-state index contributed by atoms with van der Waals surface area (Å²) in [5.41, 5.74) is 1.22. The molecule has 1 aromatic rings. The van der Waals surface area contributed by atoms with Crippen molar-refractivity contribution in [1.29, 1.82) is 0 Å². The van der Waals surface area contributed by atoms with Gasteiger partial charge in [0.2, 0.25) is 5.91 Å². The number of amides is 1. The van der Waals surface area contributed by atoms with Gasteiger partial charge in [0, 0.05) is 24.0 Å². The summed E-state index contributed by atoms with van der Waals surface area (Å²) >= 11 is 12.1. The van der Waals surface area contributed by atoms with Crippen molar-refractivity contribution in [3.05, 3.63) is 24.3 Å². The lowest BCUT2D eigenvalue weighted by atomic mass is 10.1. The summed E-state index contributed by atoms with van der Waals surface area (Å²) in [5, 5.41) is 2.89. The molecule has 2 rings (SSSR count). The van der Waals surface area contributed by atoms with Crippen molar-refractivity contribution in [2.24, 2.45) is 5.41 Å². The Hall–Kier alpha value is -0.930. The van der Waals surface area contributed by atoms with Crippen molar-refractivity contribution < 1.29 is 4.79 Å². The topological polar surface area (TPSA) is 32.3 Å². The van der Waals surface area contributed by atoms with Crippen LogP contribution in [0.1, 0.15) is 34.1 Å². The Balaban J connectivity index is 2.05. The van der Waals surface area contributed by atoms with Gasteiger partial charge in [0.05, 0.1) is 5.41 Å². The molecule has 0 radical (unpaired) electrons. The second kappa shape index (κ2) is 5.69. The normalized spacial score (nSPS) is 23.0. The van der Waals surface area contributed by atoms with E-state index >= 15 is 0 Å². The van der Waals surface area contributed by atoms with E-state index in [-0.39, 0.29) is 5.91 Å². The van der Waals surface area contributed by atoms with Gasteiger partial charge in [-0.15, -0.1) is 23.2 Å². The van der Waals surface area contributed by atoms with E-state index in [1.807, 2.05) is 24.3 Å². The van der Waals surface area contributed by atoms with E-state index < -0.39 is 9.75 Å². The first-order valence-electron chi connectivity index (χ1n) is 7.27. The summed E-state index contributed by atoms with van der Waals surface area (Å²) in [6.45, 7) is 9.18. The molecule has 0 spiro atoms. The Kier molecular flexibility index (Phi) is 4.46. The number of nitrogens with zero attached hydrogens (tertiary/aromatic N) is 1. The molecule has 1 saturated carbocycles. The van der Waals surface area contributed by atoms with Crippen LogP contribution in [0, 0.1) is 5.41 Å². The van der Waals surface area contributed by atoms with Crippen LogP contribution >= 0.6 is 23.2 Å². The van der Waals surface area contributed by atoms with Crippen LogP contribution in [0.3, 0.4) is 0 Å². The Morgan fingerprint density at radius 3 is 2.24 bits per heavy atom. The van der Waals surface area contributed by atoms with Crippen molar-refractivity contribution in [1.82, 2.24) is 0 Å². The zero-order chi connectivity index (χ0) is 15.8. The van der Waals surface area contributed by atoms with Crippen molar-refractivity contribution in [2.75, 3.05) is 16.8 Å². The quantitative estimate of drug-likeness (QED) is 0.810. The molecule has 0 bridgehead atoms. The van der Waals surface area contributed by atoms with Gasteiger partial charge in [-0.25, -0.2) is 0 Å². The summed E-state index contributed by atoms with van der Waals surface area (Å²) < 4.78 is -0.937. The summed E-state index contributed by atoms with van der Waals surface area (Å²) in [4.78, 5) is 14.5. The number of anilines is 2. The highest BCUT2D eigenvalue weighted by molar-refractivity contribution is 6.53. The van der Waals surface area contributed by atoms with Crippen molar-refractivity contribution in [2.45, 2.75) is 44.5 Å². The van der Waals surface area contributed by atoms with Gasteiger partial charge >= 0.3 is 0 Å². The largest absolute Gasteiger partial charge is 0.369 e. The highest BCUT2D eigenvalue weighted by atomic mass is 35.5. The highest BCUT2D eigenvalue weighted by Gasteiger charge is 2.67. The van der Waals surface area contributed by atoms with Gasteiger partial charge < -0.3 is 10.2 Å². The molecule has 1 aliphatic carbocycles. The molecule has 1 aromatic carbocycles. The molecule has 0 heterocycles. The minimum Gasteiger partial charge on any atom is -0.369 e. The molecule has 1 unspecified atom stereocenters. The van der Waals surface area contributed by atoms with E-state index in [9.17, 15) is 4.79 Å². The van der Waals surface area contributed by atoms with E-state index in [1.54, 1.807) is 6.92 Å². The standard InChI is InChI=1S/C16H22Cl2N2O/c1-5-20(11(2)3)13-8-6-12(7-9-13)19-14(21)15(4)10-16(15,17)18/h6-9,11H,5,10H2,1-4H3,(H,19,21). The first kappa shape index (κ1) is 16.4. The Morgan fingerprint density at radius 1 is 1.33 bits per heavy atom. The monoisotopic (exact) mass is 328 g/mol. The molecule has 1 aliphatic rings. The zero-order valence-corrected chi connectivity index (χ0v) is 14.4. The molecule has 3 nitrogen and oxygen atoms in total. The van der Waals surface area contributed by atoms with Crippen LogP contribution in [0.2, 0.25) is 0 Å². The number of carbonyl (C=O) groups is 1. The predicted octanol–water partition coefficient (Wildman–Crippen LogP) is 4.44. The van der Waals surface area contributed by atoms with Gasteiger partial charge in [-0.1, -0.05) is 0 Å². The second-order valence-electron chi connectivity index (χ2n) is 6.09. The van der Waals surface area contributed by atoms with E-state index in [0.717, 1.165) is 17.9 Å². The third-order valence-electron chi connectivity index (χ3n) is 4.18. The van der Waals surface area contributed by atoms with Crippen molar-refractivity contribution in [3.63, 3.8) is 0 Å². The summed E-state index contributed by atoms with van der Waals surface area (Å²) in [6, 6.07) is 8.29. The fourth-order valence-electron chi connectivity index (χ4n) is 2.50. The Morgan fingerprint density at radius 2 is 1.86 bits per heavy atom. The average molecular weight is 329 g/mol. The summed E-state index contributed by atoms with van der Waals surface area (Å²) in [7, 11) is 0. The van der Waals surface area contributed by atoms with Gasteiger partial charge in [-0.3, -0.25) is 4.79 Å². The lowest BCUT2D eigenvalue weighted by Crippen LogP contribution is -2.30. The van der Waals surface area contributed by atoms with E-state index in [1.165, 1.54) is 0 Å². The summed E-state index contributed by atoms with van der Waals surface area (Å²) in [6.07, 6.45) is 0.490. The van der Waals surface area contributed by atoms with Gasteiger partial charge in [0.25, 0.3) is 0 Å². The van der Waals surface area contributed by atoms with Crippen LogP contribution in [0.4, 0.5) is 11.4 Å². The van der Waals surface area contributed by atoms with Crippen LogP contribution in [0.15, 0.2) is 24.3 Å². The van der Waals surface area contributed by atoms with E-state index in [2.05, 4.69) is 31.0 Å². The number of hydrogen-bond donors (Lipinski definition) is 1. The second-order valence-corrected chi connectivity index (χ2v) is 7.58. The third kappa shape index (κ3) is 3.14. The average Bonchev–Trinajstić information content (AvgIpc) is 2.92. The van der Waals surface area contributed by atoms with E-state index in [0.29, 0.717) is 12.5 Å². The van der Waals surface area contributed by atoms with Crippen molar-refractivity contribution >= 4 is 40.5 Å². The van der Waals surface area contributed by atoms with Crippen LogP contribution in [-0.2, 0) is 4.79 Å².